The quantitative estimate of drug-likeness (QED) is 0.0486. The average molecular weight is 605 g/mol. The third-order valence-electron chi connectivity index (χ3n) is 7.30. The fourth-order valence-electron chi connectivity index (χ4n) is 4.84. The molecule has 42 heavy (non-hydrogen) atoms. The van der Waals surface area contributed by atoms with Crippen molar-refractivity contribution in [3.8, 4) is 0 Å². The van der Waals surface area contributed by atoms with Crippen LogP contribution in [0.1, 0.15) is 111 Å². The van der Waals surface area contributed by atoms with Gasteiger partial charge in [0.25, 0.3) is 0 Å². The van der Waals surface area contributed by atoms with Crippen molar-refractivity contribution in [2.45, 2.75) is 166 Å². The van der Waals surface area contributed by atoms with Gasteiger partial charge < -0.3 is 45.1 Å². The van der Waals surface area contributed by atoms with Gasteiger partial charge in [-0.25, -0.2) is 4.79 Å². The number of hydrogen-bond donors (Lipinski definition) is 6. The largest absolute Gasteiger partial charge is 0.444 e. The first-order valence-electron chi connectivity index (χ1n) is 15.6. The van der Waals surface area contributed by atoms with Crippen LogP contribution in [0.2, 0.25) is 0 Å². The number of nitrogens with one attached hydrogen (secondary N) is 1. The monoisotopic (exact) mass is 604 g/mol. The van der Waals surface area contributed by atoms with Crippen LogP contribution < -0.4 is 5.32 Å². The number of nitrogens with zero attached hydrogens (tertiary/aromatic N) is 3. The highest BCUT2D eigenvalue weighted by molar-refractivity contribution is 5.68. The first kappa shape index (κ1) is 38.3. The fourth-order valence-corrected chi connectivity index (χ4v) is 4.84. The van der Waals surface area contributed by atoms with E-state index in [9.17, 15) is 30.3 Å². The van der Waals surface area contributed by atoms with Gasteiger partial charge in [0, 0.05) is 4.91 Å². The second-order valence-electron chi connectivity index (χ2n) is 12.2. The summed E-state index contributed by atoms with van der Waals surface area (Å²) in [4.78, 5) is 15.1. The van der Waals surface area contributed by atoms with Crippen LogP contribution in [-0.4, -0.2) is 99.3 Å². The van der Waals surface area contributed by atoms with Crippen LogP contribution >= 0.6 is 0 Å². The molecule has 1 fully saturated rings. The van der Waals surface area contributed by atoms with Crippen LogP contribution in [0.3, 0.4) is 0 Å². The van der Waals surface area contributed by atoms with E-state index in [0.29, 0.717) is 12.8 Å². The van der Waals surface area contributed by atoms with Crippen LogP contribution in [0.15, 0.2) is 5.11 Å². The lowest BCUT2D eigenvalue weighted by Gasteiger charge is -2.40. The Hall–Kier alpha value is -1.70. The third kappa shape index (κ3) is 15.7. The minimum atomic E-state index is -1.66. The van der Waals surface area contributed by atoms with Gasteiger partial charge >= 0.3 is 6.09 Å². The summed E-state index contributed by atoms with van der Waals surface area (Å²) >= 11 is 0. The number of hydrogen-bond acceptors (Lipinski definition) is 10. The minimum Gasteiger partial charge on any atom is -0.444 e. The second-order valence-corrected chi connectivity index (χ2v) is 12.2. The number of ether oxygens (including phenoxy) is 3. The van der Waals surface area contributed by atoms with E-state index in [4.69, 9.17) is 19.7 Å². The van der Waals surface area contributed by atoms with E-state index in [1.807, 2.05) is 0 Å². The van der Waals surface area contributed by atoms with E-state index < -0.39 is 67.3 Å². The Labute approximate surface area is 250 Å². The molecule has 13 nitrogen and oxygen atoms in total. The molecule has 0 aromatic carbocycles. The molecule has 1 aliphatic rings. The number of alkyl carbamates (subject to hydrolysis) is 1. The molecule has 0 aliphatic carbocycles. The summed E-state index contributed by atoms with van der Waals surface area (Å²) in [5.41, 5.74) is 7.75. The second kappa shape index (κ2) is 21.1. The van der Waals surface area contributed by atoms with Gasteiger partial charge in [-0.3, -0.25) is 0 Å². The fraction of sp³-hybridized carbons (Fsp3) is 0.966. The average Bonchev–Trinajstić information content (AvgIpc) is 2.93. The van der Waals surface area contributed by atoms with E-state index >= 15 is 0 Å². The Bertz CT molecular complexity index is 779. The Balaban J connectivity index is 2.60. The molecule has 0 bridgehead atoms. The van der Waals surface area contributed by atoms with Gasteiger partial charge in [-0.15, -0.1) is 0 Å². The Kier molecular flexibility index (Phi) is 19.2. The summed E-state index contributed by atoms with van der Waals surface area (Å²) in [5.74, 6) is 0. The van der Waals surface area contributed by atoms with Crippen LogP contribution in [-0.2, 0) is 14.2 Å². The predicted molar refractivity (Wildman–Crippen MR) is 158 cm³/mol. The van der Waals surface area contributed by atoms with E-state index in [-0.39, 0.29) is 6.54 Å². The number of azide groups is 1. The maximum Gasteiger partial charge on any atom is 0.408 e. The van der Waals surface area contributed by atoms with Gasteiger partial charge in [-0.05, 0) is 32.7 Å². The maximum absolute atomic E-state index is 12.5. The molecule has 1 saturated heterocycles. The Morgan fingerprint density at radius 1 is 0.929 bits per heavy atom. The molecule has 13 heteroatoms. The first-order valence-corrected chi connectivity index (χ1v) is 15.6. The van der Waals surface area contributed by atoms with E-state index in [0.717, 1.165) is 19.3 Å². The van der Waals surface area contributed by atoms with Crippen molar-refractivity contribution in [3.63, 3.8) is 0 Å². The molecule has 1 aliphatic heterocycles. The zero-order valence-corrected chi connectivity index (χ0v) is 25.9. The van der Waals surface area contributed by atoms with Crippen molar-refractivity contribution < 1.29 is 44.5 Å². The van der Waals surface area contributed by atoms with Crippen LogP contribution in [0.4, 0.5) is 4.79 Å². The van der Waals surface area contributed by atoms with Gasteiger partial charge in [0.1, 0.15) is 30.0 Å². The number of aliphatic hydroxyl groups is 5. The van der Waals surface area contributed by atoms with Crippen molar-refractivity contribution in [2.24, 2.45) is 5.11 Å². The molecule has 1 heterocycles. The molecular weight excluding hydrogens is 548 g/mol. The van der Waals surface area contributed by atoms with Gasteiger partial charge in [0.15, 0.2) is 6.29 Å². The van der Waals surface area contributed by atoms with E-state index in [1.54, 1.807) is 20.8 Å². The molecule has 1 amide bonds. The highest BCUT2D eigenvalue weighted by Crippen LogP contribution is 2.23. The lowest BCUT2D eigenvalue weighted by atomic mass is 9.98. The molecule has 6 N–H and O–H groups in total. The molecule has 0 radical (unpaired) electrons. The zero-order chi connectivity index (χ0) is 31.5. The number of carbonyl (C=O) groups is 1. The molecule has 1 rings (SSSR count). The molecular formula is C29H56N4O9. The molecule has 0 aromatic heterocycles. The minimum absolute atomic E-state index is 0.312. The third-order valence-corrected chi connectivity index (χ3v) is 7.30. The van der Waals surface area contributed by atoms with Gasteiger partial charge in [0.05, 0.1) is 31.4 Å². The van der Waals surface area contributed by atoms with Gasteiger partial charge in [0.2, 0.25) is 0 Å². The number of aliphatic hydroxyl groups excluding tert-OH is 5. The highest BCUT2D eigenvalue weighted by atomic mass is 16.7. The van der Waals surface area contributed by atoms with Crippen LogP contribution in [0.25, 0.3) is 10.4 Å². The predicted octanol–water partition coefficient (Wildman–Crippen LogP) is 3.83. The molecule has 0 unspecified atom stereocenters. The van der Waals surface area contributed by atoms with Crippen LogP contribution in [0.5, 0.6) is 0 Å². The molecule has 246 valence electrons. The normalized spacial score (nSPS) is 24.8. The number of rotatable bonds is 21. The van der Waals surface area contributed by atoms with Crippen LogP contribution in [0, 0.1) is 0 Å². The summed E-state index contributed by atoms with van der Waals surface area (Å²) in [6.45, 7) is 6.52. The van der Waals surface area contributed by atoms with Gasteiger partial charge in [-0.2, -0.15) is 0 Å². The number of amides is 1. The summed E-state index contributed by atoms with van der Waals surface area (Å²) in [6, 6.07) is -1.15. The van der Waals surface area contributed by atoms with Crippen molar-refractivity contribution >= 4 is 6.09 Å². The zero-order valence-electron chi connectivity index (χ0n) is 25.9. The SMILES string of the molecule is CCCCCCCCCCCCCC[C@@H](O)[C@@H](O)[C@H](CO[C@H]1O[C@H](CN=[N+]=[N-])[C@H](O)[C@H](O)[C@H]1O)NC(=O)OC(C)(C)C. The first-order chi connectivity index (χ1) is 19.9. The van der Waals surface area contributed by atoms with Crippen molar-refractivity contribution in [3.05, 3.63) is 10.4 Å². The van der Waals surface area contributed by atoms with Crippen molar-refractivity contribution in [1.29, 1.82) is 0 Å². The molecule has 0 aromatic rings. The summed E-state index contributed by atoms with van der Waals surface area (Å²) in [7, 11) is 0. The number of carbonyl (C=O) groups excluding carboxylic acids is 1. The smallest absolute Gasteiger partial charge is 0.408 e. The summed E-state index contributed by atoms with van der Waals surface area (Å²) in [6.07, 6.45) is 3.46. The van der Waals surface area contributed by atoms with Crippen molar-refractivity contribution in [2.75, 3.05) is 13.2 Å². The number of unbranched alkanes of at least 4 members (excludes halogenated alkanes) is 11. The van der Waals surface area contributed by atoms with Crippen molar-refractivity contribution in [1.82, 2.24) is 5.32 Å². The van der Waals surface area contributed by atoms with E-state index in [1.165, 1.54) is 51.4 Å². The Morgan fingerprint density at radius 2 is 1.48 bits per heavy atom. The molecule has 8 atom stereocenters. The van der Waals surface area contributed by atoms with E-state index in [2.05, 4.69) is 22.3 Å². The van der Waals surface area contributed by atoms with Gasteiger partial charge in [-0.1, -0.05) is 89.1 Å². The lowest BCUT2D eigenvalue weighted by Crippen LogP contribution is -2.60. The summed E-state index contributed by atoms with van der Waals surface area (Å²) in [5, 5.41) is 58.1. The lowest BCUT2D eigenvalue weighted by molar-refractivity contribution is -0.296. The maximum atomic E-state index is 12.5. The Morgan fingerprint density at radius 3 is 2.00 bits per heavy atom. The molecule has 0 spiro atoms. The standard InChI is InChI=1S/C29H56N4O9/c1-5-6-7-8-9-10-11-12-13-14-15-16-17-21(34)23(35)20(32-28(39)42-29(2,3)4)19-40-27-26(38)25(37)24(36)22(41-27)18-31-33-30/h20-27,34-38H,5-19H2,1-4H3,(H,32,39)/t20-,21+,22+,23-,24-,25-,26+,27-/m0/s1. The molecule has 0 saturated carbocycles. The topological polar surface area (TPSA) is 207 Å². The highest BCUT2D eigenvalue weighted by Gasteiger charge is 2.44. The summed E-state index contributed by atoms with van der Waals surface area (Å²) < 4.78 is 16.3.